The molecule has 4 N–H and O–H groups in total. The van der Waals surface area contributed by atoms with E-state index in [0.29, 0.717) is 24.5 Å². The lowest BCUT2D eigenvalue weighted by Gasteiger charge is -2.41. The molecule has 2 aromatic rings. The minimum Gasteiger partial charge on any atom is -0.377 e. The summed E-state index contributed by atoms with van der Waals surface area (Å²) < 4.78 is 5.72. The molecular formula is C29H38N4O4. The van der Waals surface area contributed by atoms with Gasteiger partial charge in [-0.1, -0.05) is 43.2 Å². The molecule has 8 nitrogen and oxygen atoms in total. The van der Waals surface area contributed by atoms with Crippen molar-refractivity contribution < 1.29 is 19.1 Å². The molecule has 4 rings (SSSR count). The van der Waals surface area contributed by atoms with E-state index in [9.17, 15) is 14.4 Å². The highest BCUT2D eigenvalue weighted by molar-refractivity contribution is 6.02. The Labute approximate surface area is 218 Å². The van der Waals surface area contributed by atoms with Crippen molar-refractivity contribution >= 4 is 29.1 Å². The number of carbonyl (C=O) groups is 3. The smallest absolute Gasteiger partial charge is 0.251 e. The summed E-state index contributed by atoms with van der Waals surface area (Å²) in [6.45, 7) is 5.52. The molecule has 0 spiro atoms. The van der Waals surface area contributed by atoms with Crippen molar-refractivity contribution in [2.45, 2.75) is 64.0 Å². The number of nitrogens with one attached hydrogen (secondary N) is 2. The van der Waals surface area contributed by atoms with Crippen molar-refractivity contribution in [1.29, 1.82) is 0 Å². The molecule has 0 radical (unpaired) electrons. The van der Waals surface area contributed by atoms with Gasteiger partial charge in [0.25, 0.3) is 5.91 Å². The number of carbonyl (C=O) groups excluding carboxylic acids is 3. The van der Waals surface area contributed by atoms with Crippen LogP contribution in [-0.4, -0.2) is 49.6 Å². The van der Waals surface area contributed by atoms with Crippen molar-refractivity contribution in [3.63, 3.8) is 0 Å². The first-order valence-corrected chi connectivity index (χ1v) is 13.3. The molecule has 2 fully saturated rings. The average molecular weight is 507 g/mol. The van der Waals surface area contributed by atoms with Gasteiger partial charge in [0.1, 0.15) is 0 Å². The number of morpholine rings is 1. The first-order chi connectivity index (χ1) is 17.8. The van der Waals surface area contributed by atoms with E-state index < -0.39 is 5.91 Å². The molecule has 3 unspecified atom stereocenters. The fraction of sp³-hybridized carbons (Fsp3) is 0.483. The van der Waals surface area contributed by atoms with Gasteiger partial charge in [-0.25, -0.2) is 0 Å². The SMILES string of the molecule is CC1COCC(C)N1c1ccc(C(=O)NCCC(N)=O)cc1NC(=O)C(c1ccccc1)C1CCCC1. The van der Waals surface area contributed by atoms with E-state index in [4.69, 9.17) is 10.5 Å². The Bertz CT molecular complexity index is 1090. The molecule has 1 heterocycles. The Balaban J connectivity index is 1.66. The number of ether oxygens (including phenoxy) is 1. The zero-order valence-corrected chi connectivity index (χ0v) is 21.7. The summed E-state index contributed by atoms with van der Waals surface area (Å²) in [7, 11) is 0. The largest absolute Gasteiger partial charge is 0.377 e. The van der Waals surface area contributed by atoms with E-state index in [0.717, 1.165) is 36.9 Å². The molecule has 3 amide bonds. The summed E-state index contributed by atoms with van der Waals surface area (Å²) in [5.41, 5.74) is 8.09. The Kier molecular flexibility index (Phi) is 8.82. The quantitative estimate of drug-likeness (QED) is 0.479. The first-order valence-electron chi connectivity index (χ1n) is 13.3. The van der Waals surface area contributed by atoms with Crippen LogP contribution < -0.4 is 21.3 Å². The van der Waals surface area contributed by atoms with Crippen LogP contribution in [0.2, 0.25) is 0 Å². The van der Waals surface area contributed by atoms with Crippen LogP contribution in [0.5, 0.6) is 0 Å². The number of nitrogens with zero attached hydrogens (tertiary/aromatic N) is 1. The topological polar surface area (TPSA) is 114 Å². The number of rotatable bonds is 9. The van der Waals surface area contributed by atoms with Crippen LogP contribution in [0.15, 0.2) is 48.5 Å². The van der Waals surface area contributed by atoms with Gasteiger partial charge in [-0.3, -0.25) is 14.4 Å². The van der Waals surface area contributed by atoms with E-state index in [-0.39, 0.29) is 48.7 Å². The summed E-state index contributed by atoms with van der Waals surface area (Å²) >= 11 is 0. The molecule has 8 heteroatoms. The summed E-state index contributed by atoms with van der Waals surface area (Å²) in [6, 6.07) is 15.6. The summed E-state index contributed by atoms with van der Waals surface area (Å²) in [5.74, 6) is -0.824. The molecule has 0 bridgehead atoms. The maximum absolute atomic E-state index is 13.9. The van der Waals surface area contributed by atoms with Crippen molar-refractivity contribution in [2.24, 2.45) is 11.7 Å². The fourth-order valence-corrected chi connectivity index (χ4v) is 5.68. The molecule has 2 aromatic carbocycles. The molecule has 198 valence electrons. The second-order valence-electron chi connectivity index (χ2n) is 10.3. The molecule has 0 aromatic heterocycles. The molecule has 1 aliphatic heterocycles. The van der Waals surface area contributed by atoms with Crippen LogP contribution in [-0.2, 0) is 14.3 Å². The zero-order chi connectivity index (χ0) is 26.4. The van der Waals surface area contributed by atoms with Gasteiger partial charge in [-0.15, -0.1) is 0 Å². The number of primary amides is 1. The predicted octanol–water partition coefficient (Wildman–Crippen LogP) is 3.82. The number of benzene rings is 2. The van der Waals surface area contributed by atoms with Crippen molar-refractivity contribution in [2.75, 3.05) is 30.0 Å². The number of anilines is 2. The highest BCUT2D eigenvalue weighted by Crippen LogP contribution is 2.39. The normalized spacial score (nSPS) is 20.9. The van der Waals surface area contributed by atoms with Crippen LogP contribution in [0.25, 0.3) is 0 Å². The lowest BCUT2D eigenvalue weighted by atomic mass is 9.84. The minimum atomic E-state index is -0.474. The molecule has 1 saturated heterocycles. The minimum absolute atomic E-state index is 0.0563. The zero-order valence-electron chi connectivity index (χ0n) is 21.7. The third kappa shape index (κ3) is 6.49. The Hall–Kier alpha value is -3.39. The van der Waals surface area contributed by atoms with Gasteiger partial charge in [0.05, 0.1) is 30.5 Å². The number of amides is 3. The van der Waals surface area contributed by atoms with Gasteiger partial charge in [-0.05, 0) is 56.4 Å². The van der Waals surface area contributed by atoms with E-state index >= 15 is 0 Å². The Morgan fingerprint density at radius 2 is 1.70 bits per heavy atom. The van der Waals surface area contributed by atoms with Gasteiger partial charge in [-0.2, -0.15) is 0 Å². The predicted molar refractivity (Wildman–Crippen MR) is 145 cm³/mol. The van der Waals surface area contributed by atoms with Gasteiger partial charge in [0.2, 0.25) is 11.8 Å². The second kappa shape index (κ2) is 12.2. The van der Waals surface area contributed by atoms with Gasteiger partial charge >= 0.3 is 0 Å². The van der Waals surface area contributed by atoms with Crippen molar-refractivity contribution in [3.05, 3.63) is 59.7 Å². The molecule has 2 aliphatic rings. The third-order valence-corrected chi connectivity index (χ3v) is 7.43. The molecule has 1 aliphatic carbocycles. The van der Waals surface area contributed by atoms with Crippen LogP contribution in [0.3, 0.4) is 0 Å². The van der Waals surface area contributed by atoms with Crippen molar-refractivity contribution in [1.82, 2.24) is 5.32 Å². The fourth-order valence-electron chi connectivity index (χ4n) is 5.68. The van der Waals surface area contributed by atoms with E-state index in [2.05, 4.69) is 29.4 Å². The highest BCUT2D eigenvalue weighted by atomic mass is 16.5. The third-order valence-electron chi connectivity index (χ3n) is 7.43. The number of hydrogen-bond donors (Lipinski definition) is 3. The molecule has 3 atom stereocenters. The van der Waals surface area contributed by atoms with E-state index in [1.807, 2.05) is 36.4 Å². The van der Waals surface area contributed by atoms with Crippen LogP contribution >= 0.6 is 0 Å². The summed E-state index contributed by atoms with van der Waals surface area (Å²) in [4.78, 5) is 40.1. The summed E-state index contributed by atoms with van der Waals surface area (Å²) in [5, 5.41) is 5.95. The molecular weight excluding hydrogens is 468 g/mol. The standard InChI is InChI=1S/C29H38N4O4/c1-19-17-37-18-20(2)33(19)25-13-12-23(28(35)31-15-14-26(30)34)16-24(25)32-29(36)27(22-10-6-7-11-22)21-8-4-3-5-9-21/h3-5,8-9,12-13,16,19-20,22,27H,6-7,10-11,14-15,17-18H2,1-2H3,(H2,30,34)(H,31,35)(H,32,36). The number of nitrogens with two attached hydrogens (primary N) is 1. The second-order valence-corrected chi connectivity index (χ2v) is 10.3. The monoisotopic (exact) mass is 506 g/mol. The summed E-state index contributed by atoms with van der Waals surface area (Å²) in [6.07, 6.45) is 4.39. The lowest BCUT2D eigenvalue weighted by molar-refractivity contribution is -0.119. The van der Waals surface area contributed by atoms with Gasteiger partial charge < -0.3 is 26.0 Å². The molecule has 1 saturated carbocycles. The van der Waals surface area contributed by atoms with Crippen LogP contribution in [0, 0.1) is 5.92 Å². The Morgan fingerprint density at radius 3 is 2.35 bits per heavy atom. The van der Waals surface area contributed by atoms with E-state index in [1.165, 1.54) is 0 Å². The van der Waals surface area contributed by atoms with Gasteiger partial charge in [0, 0.05) is 30.6 Å². The lowest BCUT2D eigenvalue weighted by Crippen LogP contribution is -2.50. The van der Waals surface area contributed by atoms with Crippen molar-refractivity contribution in [3.8, 4) is 0 Å². The Morgan fingerprint density at radius 1 is 1.03 bits per heavy atom. The van der Waals surface area contributed by atoms with E-state index in [1.54, 1.807) is 12.1 Å². The highest BCUT2D eigenvalue weighted by Gasteiger charge is 2.34. The average Bonchev–Trinajstić information content (AvgIpc) is 3.39. The van der Waals surface area contributed by atoms with Gasteiger partial charge in [0.15, 0.2) is 0 Å². The number of hydrogen-bond acceptors (Lipinski definition) is 5. The molecule has 37 heavy (non-hydrogen) atoms. The van der Waals surface area contributed by atoms with Crippen LogP contribution in [0.1, 0.15) is 67.8 Å². The maximum Gasteiger partial charge on any atom is 0.251 e. The first kappa shape index (κ1) is 26.7. The maximum atomic E-state index is 13.9. The van der Waals surface area contributed by atoms with Crippen LogP contribution in [0.4, 0.5) is 11.4 Å².